The molecule has 0 aliphatic heterocycles. The monoisotopic (exact) mass is 531 g/mol. The lowest BCUT2D eigenvalue weighted by atomic mass is 9.92. The van der Waals surface area contributed by atoms with Crippen LogP contribution in [0.3, 0.4) is 0 Å². The van der Waals surface area contributed by atoms with Crippen LogP contribution >= 0.6 is 37.5 Å². The van der Waals surface area contributed by atoms with Crippen LogP contribution in [0.5, 0.6) is 0 Å². The molecular weight excluding hydrogens is 494 g/mol. The maximum absolute atomic E-state index is 13.2. The third kappa shape index (κ3) is 12.4. The lowest BCUT2D eigenvalue weighted by molar-refractivity contribution is -0.149. The van der Waals surface area contributed by atoms with Crippen LogP contribution in [0.2, 0.25) is 0 Å². The van der Waals surface area contributed by atoms with E-state index < -0.39 is 5.92 Å². The second-order valence-corrected chi connectivity index (χ2v) is 11.9. The van der Waals surface area contributed by atoms with Crippen LogP contribution in [0.1, 0.15) is 65.4 Å². The molecule has 1 aromatic carbocycles. The van der Waals surface area contributed by atoms with E-state index in [0.29, 0.717) is 18.9 Å². The molecule has 31 heavy (non-hydrogen) atoms. The number of unbranched alkanes of at least 4 members (excludes halogenated alkanes) is 1. The van der Waals surface area contributed by atoms with Gasteiger partial charge in [0.05, 0.1) is 17.8 Å². The number of halogens is 1. The number of Topliss-reactive ketones (excluding diaryl/α,β-unsaturated/α-hetero) is 1. The topological polar surface area (TPSA) is 69.4 Å². The van der Waals surface area contributed by atoms with Crippen molar-refractivity contribution >= 4 is 49.3 Å². The number of benzene rings is 1. The minimum Gasteiger partial charge on any atom is -0.466 e. The van der Waals surface area contributed by atoms with E-state index in [-0.39, 0.29) is 29.5 Å². The molecule has 0 saturated carbocycles. The fraction of sp³-hybridized carbons (Fsp3) is 0.667. The summed E-state index contributed by atoms with van der Waals surface area (Å²) in [5, 5.41) is -0.134. The summed E-state index contributed by atoms with van der Waals surface area (Å²) in [6, 6.07) is 8.03. The number of nitrogens with two attached hydrogens (primary N) is 1. The molecule has 0 heterocycles. The molecule has 0 radical (unpaired) electrons. The van der Waals surface area contributed by atoms with Gasteiger partial charge in [-0.2, -0.15) is 0 Å². The van der Waals surface area contributed by atoms with Crippen molar-refractivity contribution in [2.24, 2.45) is 17.6 Å². The second kappa shape index (κ2) is 16.2. The Balaban J connectivity index is 2.78. The molecule has 0 aliphatic carbocycles. The van der Waals surface area contributed by atoms with Gasteiger partial charge in [0.15, 0.2) is 0 Å². The number of hydrogen-bond donors (Lipinski definition) is 1. The van der Waals surface area contributed by atoms with Crippen molar-refractivity contribution < 1.29 is 14.3 Å². The summed E-state index contributed by atoms with van der Waals surface area (Å²) in [7, 11) is 3.31. The fourth-order valence-corrected chi connectivity index (χ4v) is 6.52. The highest BCUT2D eigenvalue weighted by Gasteiger charge is 2.29. The highest BCUT2D eigenvalue weighted by atomic mass is 79.9. The number of ether oxygens (including phenoxy) is 1. The molecule has 0 aromatic heterocycles. The van der Waals surface area contributed by atoms with Crippen LogP contribution < -0.4 is 5.73 Å². The number of esters is 1. The largest absolute Gasteiger partial charge is 0.466 e. The number of ketones is 1. The van der Waals surface area contributed by atoms with E-state index in [0.717, 1.165) is 41.5 Å². The molecule has 0 amide bonds. The van der Waals surface area contributed by atoms with E-state index in [1.54, 1.807) is 28.5 Å². The number of rotatable bonds is 16. The van der Waals surface area contributed by atoms with E-state index in [1.165, 1.54) is 0 Å². The molecule has 0 bridgehead atoms. The van der Waals surface area contributed by atoms with Gasteiger partial charge in [0.25, 0.3) is 0 Å². The molecule has 0 fully saturated rings. The van der Waals surface area contributed by atoms with Gasteiger partial charge in [-0.25, -0.2) is 0 Å². The minimum atomic E-state index is -0.458. The second-order valence-electron chi connectivity index (χ2n) is 8.35. The van der Waals surface area contributed by atoms with Crippen LogP contribution in [0.15, 0.2) is 28.7 Å². The molecule has 0 aliphatic rings. The summed E-state index contributed by atoms with van der Waals surface area (Å²) in [4.78, 5) is 25.8. The van der Waals surface area contributed by atoms with Crippen LogP contribution in [0.4, 0.5) is 0 Å². The molecule has 0 spiro atoms. The van der Waals surface area contributed by atoms with Gasteiger partial charge in [0, 0.05) is 22.7 Å². The van der Waals surface area contributed by atoms with Gasteiger partial charge in [0.1, 0.15) is 5.78 Å². The first-order chi connectivity index (χ1) is 14.8. The van der Waals surface area contributed by atoms with Crippen LogP contribution in [-0.4, -0.2) is 35.4 Å². The first-order valence-corrected chi connectivity index (χ1v) is 14.4. The Kier molecular flexibility index (Phi) is 14.9. The van der Waals surface area contributed by atoms with Gasteiger partial charge >= 0.3 is 5.97 Å². The molecule has 7 heteroatoms. The van der Waals surface area contributed by atoms with Crippen LogP contribution in [-0.2, 0) is 20.7 Å². The van der Waals surface area contributed by atoms with E-state index in [9.17, 15) is 9.59 Å². The van der Waals surface area contributed by atoms with Gasteiger partial charge < -0.3 is 10.5 Å². The zero-order valence-electron chi connectivity index (χ0n) is 19.3. The zero-order chi connectivity index (χ0) is 23.2. The molecule has 4 nitrogen and oxygen atoms in total. The molecule has 3 unspecified atom stereocenters. The van der Waals surface area contributed by atoms with Gasteiger partial charge in [-0.15, -0.1) is 0 Å². The van der Waals surface area contributed by atoms with Crippen molar-refractivity contribution in [1.29, 1.82) is 0 Å². The molecule has 1 rings (SSSR count). The third-order valence-electron chi connectivity index (χ3n) is 4.90. The SMILES string of the molecule is CCCCC(N)CSSC(CC(C)C)C(=O)CC(Cc1ccc(Br)cc1)C(=O)OCC. The first-order valence-electron chi connectivity index (χ1n) is 11.2. The maximum Gasteiger partial charge on any atom is 0.309 e. The third-order valence-corrected chi connectivity index (χ3v) is 8.33. The van der Waals surface area contributed by atoms with Crippen molar-refractivity contribution in [1.82, 2.24) is 0 Å². The van der Waals surface area contributed by atoms with Crippen molar-refractivity contribution in [2.75, 3.05) is 12.4 Å². The summed E-state index contributed by atoms with van der Waals surface area (Å²) in [6.45, 7) is 8.54. The van der Waals surface area contributed by atoms with E-state index in [4.69, 9.17) is 10.5 Å². The van der Waals surface area contributed by atoms with Crippen molar-refractivity contribution in [3.05, 3.63) is 34.3 Å². The van der Waals surface area contributed by atoms with Gasteiger partial charge in [-0.1, -0.05) is 83.3 Å². The van der Waals surface area contributed by atoms with Crippen molar-refractivity contribution in [2.45, 2.75) is 77.5 Å². The Labute approximate surface area is 204 Å². The smallest absolute Gasteiger partial charge is 0.309 e. The summed E-state index contributed by atoms with van der Waals surface area (Å²) >= 11 is 3.44. The predicted molar refractivity (Wildman–Crippen MR) is 138 cm³/mol. The molecular formula is C24H38BrNO3S2. The Morgan fingerprint density at radius 1 is 1.16 bits per heavy atom. The lowest BCUT2D eigenvalue weighted by Gasteiger charge is -2.21. The summed E-state index contributed by atoms with van der Waals surface area (Å²) in [5.74, 6) is 0.626. The minimum absolute atomic E-state index is 0.128. The van der Waals surface area contributed by atoms with Gasteiger partial charge in [-0.3, -0.25) is 9.59 Å². The molecule has 0 saturated heterocycles. The Morgan fingerprint density at radius 3 is 2.42 bits per heavy atom. The van der Waals surface area contributed by atoms with Crippen LogP contribution in [0, 0.1) is 11.8 Å². The average Bonchev–Trinajstić information content (AvgIpc) is 2.72. The Morgan fingerprint density at radius 2 is 1.84 bits per heavy atom. The van der Waals surface area contributed by atoms with E-state index in [2.05, 4.69) is 36.7 Å². The summed E-state index contributed by atoms with van der Waals surface area (Å²) in [6.07, 6.45) is 4.82. The normalized spacial score (nSPS) is 14.3. The predicted octanol–water partition coefficient (Wildman–Crippen LogP) is 6.44. The highest BCUT2D eigenvalue weighted by Crippen LogP contribution is 2.34. The number of hydrogen-bond acceptors (Lipinski definition) is 6. The quantitative estimate of drug-likeness (QED) is 0.195. The zero-order valence-corrected chi connectivity index (χ0v) is 22.5. The summed E-state index contributed by atoms with van der Waals surface area (Å²) < 4.78 is 6.27. The fourth-order valence-electron chi connectivity index (χ4n) is 3.19. The summed E-state index contributed by atoms with van der Waals surface area (Å²) in [5.41, 5.74) is 7.22. The van der Waals surface area contributed by atoms with Crippen molar-refractivity contribution in [3.8, 4) is 0 Å². The lowest BCUT2D eigenvalue weighted by Crippen LogP contribution is -2.28. The highest BCUT2D eigenvalue weighted by molar-refractivity contribution is 9.10. The average molecular weight is 533 g/mol. The number of carbonyl (C=O) groups is 2. The first kappa shape index (κ1) is 28.5. The Hall–Kier alpha value is -0.500. The van der Waals surface area contributed by atoms with Crippen molar-refractivity contribution in [3.63, 3.8) is 0 Å². The van der Waals surface area contributed by atoms with E-state index >= 15 is 0 Å². The molecule has 176 valence electrons. The number of carbonyl (C=O) groups excluding carboxylic acids is 2. The van der Waals surface area contributed by atoms with Gasteiger partial charge in [0.2, 0.25) is 0 Å². The van der Waals surface area contributed by atoms with Gasteiger partial charge in [-0.05, 0) is 49.8 Å². The van der Waals surface area contributed by atoms with Crippen LogP contribution in [0.25, 0.3) is 0 Å². The van der Waals surface area contributed by atoms with E-state index in [1.807, 2.05) is 24.3 Å². The molecule has 3 atom stereocenters. The standard InChI is InChI=1S/C24H38BrNO3S2/c1-5-7-8-21(26)16-30-31-23(13-17(3)4)22(27)15-19(24(28)29-6-2)14-18-9-11-20(25)12-10-18/h9-12,17,19,21,23H,5-8,13-16,26H2,1-4H3. The maximum atomic E-state index is 13.2. The molecule has 2 N–H and O–H groups in total. The Bertz CT molecular complexity index is 655. The molecule has 1 aromatic rings.